The van der Waals surface area contributed by atoms with E-state index in [9.17, 15) is 14.7 Å². The Morgan fingerprint density at radius 1 is 0.946 bits per heavy atom. The summed E-state index contributed by atoms with van der Waals surface area (Å²) in [5, 5.41) is 12.3. The van der Waals surface area contributed by atoms with Crippen molar-refractivity contribution in [2.75, 3.05) is 12.0 Å². The second kappa shape index (κ2) is 15.0. The van der Waals surface area contributed by atoms with Crippen molar-refractivity contribution in [2.45, 2.75) is 52.4 Å². The van der Waals surface area contributed by atoms with Gasteiger partial charge in [-0.1, -0.05) is 68.4 Å². The number of rotatable bonds is 12. The van der Waals surface area contributed by atoms with Crippen LogP contribution in [-0.2, 0) is 22.7 Å². The molecule has 0 saturated carbocycles. The van der Waals surface area contributed by atoms with Crippen molar-refractivity contribution in [1.82, 2.24) is 5.32 Å². The van der Waals surface area contributed by atoms with Gasteiger partial charge >= 0.3 is 24.8 Å². The standard InChI is InChI=1S/C30H35NO4S.Li.H/c1-20(2)24-10-7-9-22(16-24)18-35-19-23-12-13-26(27(17-23)25-11-6-5-8-21(25)3)29(32)31-28(30(33)34)14-15-36-4;;/h5-13,16-17,20,28H,14-15,18-19H2,1-4H3,(H,31,32)(H,33,34);;. The van der Waals surface area contributed by atoms with Crippen molar-refractivity contribution in [2.24, 2.45) is 0 Å². The van der Waals surface area contributed by atoms with Crippen molar-refractivity contribution in [3.05, 3.63) is 94.5 Å². The number of carbonyl (C=O) groups excluding carboxylic acids is 1. The molecule has 0 aliphatic heterocycles. The number of thioether (sulfide) groups is 1. The SMILES string of the molecule is CSCCC(NC(=O)c1ccc(COCc2cccc(C(C)C)c2)cc1-c1ccccc1C)C(=O)O.[LiH]. The van der Waals surface area contributed by atoms with Gasteiger partial charge in [0, 0.05) is 5.56 Å². The fraction of sp³-hybridized carbons (Fsp3) is 0.333. The van der Waals surface area contributed by atoms with Crippen molar-refractivity contribution in [1.29, 1.82) is 0 Å². The van der Waals surface area contributed by atoms with Crippen LogP contribution < -0.4 is 5.32 Å². The van der Waals surface area contributed by atoms with Crippen molar-refractivity contribution in [3.8, 4) is 11.1 Å². The van der Waals surface area contributed by atoms with Crippen LogP contribution in [0.1, 0.15) is 58.8 Å². The van der Waals surface area contributed by atoms with E-state index in [1.165, 1.54) is 5.56 Å². The molecule has 3 aromatic carbocycles. The van der Waals surface area contributed by atoms with E-state index < -0.39 is 12.0 Å². The minimum atomic E-state index is -1.03. The molecule has 0 saturated heterocycles. The van der Waals surface area contributed by atoms with Gasteiger partial charge in [0.05, 0.1) is 13.2 Å². The summed E-state index contributed by atoms with van der Waals surface area (Å²) in [6.45, 7) is 7.25. The third kappa shape index (κ3) is 8.79. The molecule has 192 valence electrons. The predicted molar refractivity (Wildman–Crippen MR) is 155 cm³/mol. The van der Waals surface area contributed by atoms with E-state index >= 15 is 0 Å². The summed E-state index contributed by atoms with van der Waals surface area (Å²) in [6.07, 6.45) is 2.28. The third-order valence-electron chi connectivity index (χ3n) is 6.13. The number of hydrogen-bond acceptors (Lipinski definition) is 4. The van der Waals surface area contributed by atoms with Crippen LogP contribution in [0.4, 0.5) is 0 Å². The maximum atomic E-state index is 13.2. The summed E-state index contributed by atoms with van der Waals surface area (Å²) in [4.78, 5) is 24.9. The number of hydrogen-bond donors (Lipinski definition) is 2. The first kappa shape index (κ1) is 30.7. The Morgan fingerprint density at radius 3 is 2.30 bits per heavy atom. The Hall–Kier alpha value is -2.49. The zero-order chi connectivity index (χ0) is 26.1. The molecule has 0 spiro atoms. The summed E-state index contributed by atoms with van der Waals surface area (Å²) in [6, 6.07) is 21.0. The summed E-state index contributed by atoms with van der Waals surface area (Å²) >= 11 is 1.55. The van der Waals surface area contributed by atoms with Crippen LogP contribution >= 0.6 is 11.8 Å². The zero-order valence-corrected chi connectivity index (χ0v) is 22.2. The maximum absolute atomic E-state index is 13.2. The van der Waals surface area contributed by atoms with E-state index in [1.54, 1.807) is 17.8 Å². The Bertz CT molecular complexity index is 1200. The number of aliphatic carboxylic acids is 1. The van der Waals surface area contributed by atoms with Gasteiger partial charge in [0.1, 0.15) is 6.04 Å². The van der Waals surface area contributed by atoms with Gasteiger partial charge in [-0.15, -0.1) is 0 Å². The number of benzene rings is 3. The van der Waals surface area contributed by atoms with Crippen LogP contribution in [0.3, 0.4) is 0 Å². The van der Waals surface area contributed by atoms with E-state index in [0.29, 0.717) is 36.9 Å². The second-order valence-electron chi connectivity index (χ2n) is 9.23. The Balaban J connectivity index is 0.00000481. The molecule has 0 heterocycles. The number of aryl methyl sites for hydroxylation is 1. The monoisotopic (exact) mass is 513 g/mol. The molecule has 1 atom stereocenters. The first-order valence-electron chi connectivity index (χ1n) is 12.2. The Labute approximate surface area is 236 Å². The molecule has 7 heteroatoms. The van der Waals surface area contributed by atoms with Crippen molar-refractivity contribution < 1.29 is 19.4 Å². The number of nitrogens with one attached hydrogen (secondary N) is 1. The van der Waals surface area contributed by atoms with Gasteiger partial charge in [0.2, 0.25) is 0 Å². The van der Waals surface area contributed by atoms with Crippen LogP contribution in [0.5, 0.6) is 0 Å². The molecule has 2 N–H and O–H groups in total. The number of carbonyl (C=O) groups is 2. The van der Waals surface area contributed by atoms with E-state index in [4.69, 9.17) is 4.74 Å². The van der Waals surface area contributed by atoms with Gasteiger partial charge in [-0.2, -0.15) is 11.8 Å². The molecule has 0 fully saturated rings. The molecular formula is C30H36LiNO4S. The second-order valence-corrected chi connectivity index (χ2v) is 10.2. The number of carboxylic acids is 1. The first-order valence-corrected chi connectivity index (χ1v) is 13.6. The topological polar surface area (TPSA) is 75.6 Å². The van der Waals surface area contributed by atoms with E-state index in [-0.39, 0.29) is 24.8 Å². The molecule has 3 rings (SSSR count). The molecule has 0 aromatic heterocycles. The van der Waals surface area contributed by atoms with Crippen LogP contribution in [0.25, 0.3) is 11.1 Å². The average molecular weight is 514 g/mol. The van der Waals surface area contributed by atoms with Gasteiger partial charge in [-0.25, -0.2) is 4.79 Å². The summed E-state index contributed by atoms with van der Waals surface area (Å²) in [5.41, 5.74) is 6.54. The quantitative estimate of drug-likeness (QED) is 0.300. The van der Waals surface area contributed by atoms with Crippen LogP contribution in [0, 0.1) is 6.92 Å². The summed E-state index contributed by atoms with van der Waals surface area (Å²) in [7, 11) is 0. The fourth-order valence-electron chi connectivity index (χ4n) is 4.03. The van der Waals surface area contributed by atoms with E-state index in [2.05, 4.69) is 43.4 Å². The van der Waals surface area contributed by atoms with Gasteiger partial charge < -0.3 is 15.2 Å². The van der Waals surface area contributed by atoms with E-state index in [1.807, 2.05) is 49.6 Å². The first-order chi connectivity index (χ1) is 17.3. The van der Waals surface area contributed by atoms with Gasteiger partial charge in [-0.05, 0) is 76.8 Å². The normalized spacial score (nSPS) is 11.6. The molecule has 0 aliphatic rings. The molecular weight excluding hydrogens is 477 g/mol. The van der Waals surface area contributed by atoms with Crippen LogP contribution in [-0.4, -0.2) is 53.9 Å². The van der Waals surface area contributed by atoms with Gasteiger partial charge in [0.25, 0.3) is 5.91 Å². The zero-order valence-electron chi connectivity index (χ0n) is 21.4. The fourth-order valence-corrected chi connectivity index (χ4v) is 4.51. The summed E-state index contributed by atoms with van der Waals surface area (Å²) in [5.74, 6) is -0.305. The Kier molecular flexibility index (Phi) is 12.5. The molecule has 0 bridgehead atoms. The molecule has 0 aliphatic carbocycles. The Morgan fingerprint density at radius 2 is 1.65 bits per heavy atom. The number of carboxylic acid groups (broad SMARTS) is 1. The van der Waals surface area contributed by atoms with Crippen LogP contribution in [0.15, 0.2) is 66.7 Å². The molecule has 1 unspecified atom stereocenters. The molecule has 1 amide bonds. The van der Waals surface area contributed by atoms with Gasteiger partial charge in [0.15, 0.2) is 0 Å². The molecule has 5 nitrogen and oxygen atoms in total. The van der Waals surface area contributed by atoms with Crippen LogP contribution in [0.2, 0.25) is 0 Å². The van der Waals surface area contributed by atoms with Crippen molar-refractivity contribution >= 4 is 42.5 Å². The van der Waals surface area contributed by atoms with Crippen molar-refractivity contribution in [3.63, 3.8) is 0 Å². The predicted octanol–water partition coefficient (Wildman–Crippen LogP) is 5.79. The average Bonchev–Trinajstić information content (AvgIpc) is 2.86. The van der Waals surface area contributed by atoms with E-state index in [0.717, 1.165) is 27.8 Å². The molecule has 0 radical (unpaired) electrons. The molecule has 3 aromatic rings. The third-order valence-corrected chi connectivity index (χ3v) is 6.78. The number of ether oxygens (including phenoxy) is 1. The van der Waals surface area contributed by atoms with Gasteiger partial charge in [-0.3, -0.25) is 4.79 Å². The summed E-state index contributed by atoms with van der Waals surface area (Å²) < 4.78 is 6.02. The minimum absolute atomic E-state index is 0. The number of amides is 1. The molecule has 37 heavy (non-hydrogen) atoms.